The third kappa shape index (κ3) is 1.67. The minimum atomic E-state index is 1.06. The summed E-state index contributed by atoms with van der Waals surface area (Å²) in [7, 11) is 0. The van der Waals surface area contributed by atoms with Crippen LogP contribution in [-0.4, -0.2) is 79.8 Å². The summed E-state index contributed by atoms with van der Waals surface area (Å²) < 4.78 is 5.09. The molecular weight excluding hydrogens is 304 g/mol. The fourth-order valence-electron chi connectivity index (χ4n) is 5.00. The first-order valence-corrected chi connectivity index (χ1v) is 9.41. The third-order valence-corrected chi connectivity index (χ3v) is 6.23. The Morgan fingerprint density at radius 3 is 1.50 bits per heavy atom. The van der Waals surface area contributed by atoms with Gasteiger partial charge in [0.2, 0.25) is 0 Å². The molecule has 0 atom stereocenters. The lowest BCUT2D eigenvalue weighted by Crippen LogP contribution is -2.47. The molecule has 1 aromatic heterocycles. The van der Waals surface area contributed by atoms with Crippen LogP contribution in [0.25, 0.3) is 0 Å². The Hall–Kier alpha value is -1.96. The van der Waals surface area contributed by atoms with Gasteiger partial charge >= 0.3 is 0 Å². The van der Waals surface area contributed by atoms with Crippen LogP contribution < -0.4 is 24.9 Å². The van der Waals surface area contributed by atoms with Crippen LogP contribution in [-0.2, 0) is 13.1 Å². The molecule has 0 saturated carbocycles. The molecule has 0 fully saturated rings. The van der Waals surface area contributed by atoms with Gasteiger partial charge in [-0.1, -0.05) is 0 Å². The maximum Gasteiger partial charge on any atom is 0.165 e. The molecule has 0 radical (unpaired) electrons. The van der Waals surface area contributed by atoms with E-state index in [4.69, 9.17) is 0 Å². The molecule has 1 aromatic rings. The van der Waals surface area contributed by atoms with Crippen LogP contribution in [0.3, 0.4) is 0 Å². The van der Waals surface area contributed by atoms with Gasteiger partial charge in [-0.15, -0.1) is 0 Å². The van der Waals surface area contributed by atoms with E-state index in [9.17, 15) is 0 Å². The molecule has 130 valence electrons. The van der Waals surface area contributed by atoms with Crippen molar-refractivity contribution >= 4 is 23.3 Å². The maximum atomic E-state index is 3.91. The molecule has 8 heteroatoms. The highest BCUT2D eigenvalue weighted by atomic mass is 15.6. The van der Waals surface area contributed by atoms with Crippen molar-refractivity contribution in [1.29, 1.82) is 0 Å². The fourth-order valence-corrected chi connectivity index (χ4v) is 5.00. The molecule has 8 nitrogen and oxygen atoms in total. The molecule has 24 heavy (non-hydrogen) atoms. The van der Waals surface area contributed by atoms with Crippen molar-refractivity contribution in [2.24, 2.45) is 0 Å². The minimum absolute atomic E-state index is 1.06. The first-order chi connectivity index (χ1) is 11.9. The Balaban J connectivity index is 1.68. The third-order valence-electron chi connectivity index (χ3n) is 6.23. The summed E-state index contributed by atoms with van der Waals surface area (Å²) in [6.45, 7) is 13.3. The molecule has 0 amide bonds. The van der Waals surface area contributed by atoms with E-state index in [1.54, 1.807) is 0 Å². The summed E-state index contributed by atoms with van der Waals surface area (Å²) in [5.41, 5.74) is 0. The highest BCUT2D eigenvalue weighted by Gasteiger charge is 2.37. The molecule has 2 bridgehead atoms. The summed E-state index contributed by atoms with van der Waals surface area (Å²) in [6.07, 6.45) is 0. The zero-order valence-corrected chi connectivity index (χ0v) is 14.2. The SMILES string of the molecule is C1CN2CCN3CCn4c3c2[nH]c2c3n4CCN3CCN2CCN1. The first kappa shape index (κ1) is 13.3. The number of nitrogens with one attached hydrogen (secondary N) is 2. The van der Waals surface area contributed by atoms with E-state index in [0.29, 0.717) is 0 Å². The minimum Gasteiger partial charge on any atom is -0.352 e. The largest absolute Gasteiger partial charge is 0.352 e. The Labute approximate surface area is 141 Å². The van der Waals surface area contributed by atoms with E-state index < -0.39 is 0 Å². The van der Waals surface area contributed by atoms with Crippen molar-refractivity contribution in [2.75, 3.05) is 85.0 Å². The van der Waals surface area contributed by atoms with Crippen LogP contribution in [0.4, 0.5) is 23.3 Å². The van der Waals surface area contributed by atoms with Crippen molar-refractivity contribution in [2.45, 2.75) is 13.1 Å². The molecule has 6 rings (SSSR count). The smallest absolute Gasteiger partial charge is 0.165 e. The number of nitrogens with zero attached hydrogens (tertiary/aromatic N) is 6. The lowest BCUT2D eigenvalue weighted by atomic mass is 10.3. The van der Waals surface area contributed by atoms with E-state index >= 15 is 0 Å². The highest BCUT2D eigenvalue weighted by molar-refractivity contribution is 5.74. The second-order valence-electron chi connectivity index (χ2n) is 7.41. The summed E-state index contributed by atoms with van der Waals surface area (Å²) in [6, 6.07) is 0. The normalized spacial score (nSPS) is 23.8. The van der Waals surface area contributed by atoms with E-state index in [1.165, 1.54) is 23.3 Å². The van der Waals surface area contributed by atoms with Crippen molar-refractivity contribution in [3.8, 4) is 0 Å². The highest BCUT2D eigenvalue weighted by Crippen LogP contribution is 2.41. The number of fused-ring (bicyclic) bond motifs is 1. The number of aromatic amines is 1. The molecule has 0 aromatic carbocycles. The number of anilines is 4. The first-order valence-electron chi connectivity index (χ1n) is 9.41. The van der Waals surface area contributed by atoms with Crippen LogP contribution in [0.15, 0.2) is 0 Å². The number of rotatable bonds is 0. The van der Waals surface area contributed by atoms with E-state index in [-0.39, 0.29) is 0 Å². The van der Waals surface area contributed by atoms with Gasteiger partial charge in [-0.2, -0.15) is 0 Å². The standard InChI is InChI=1S/C16H26N8/c1-3-19-5-7-21-9-11-23-15(21)13(19)18-14-16-22(10-12-24(16)23)8-6-20(14)4-2-17-1/h17-18H,1-12H2. The molecule has 0 spiro atoms. The van der Waals surface area contributed by atoms with Gasteiger partial charge in [0, 0.05) is 65.4 Å². The Morgan fingerprint density at radius 2 is 0.958 bits per heavy atom. The van der Waals surface area contributed by atoms with Crippen molar-refractivity contribution < 1.29 is 0 Å². The Kier molecular flexibility index (Phi) is 2.66. The molecule has 0 unspecified atom stereocenters. The average molecular weight is 330 g/mol. The van der Waals surface area contributed by atoms with Crippen molar-refractivity contribution in [3.05, 3.63) is 0 Å². The van der Waals surface area contributed by atoms with Gasteiger partial charge in [0.1, 0.15) is 0 Å². The number of H-pyrrole nitrogens is 1. The van der Waals surface area contributed by atoms with Crippen LogP contribution in [0.1, 0.15) is 0 Å². The number of aromatic nitrogens is 3. The maximum absolute atomic E-state index is 3.91. The Bertz CT molecular complexity index is 668. The second kappa shape index (κ2) is 4.78. The van der Waals surface area contributed by atoms with Gasteiger partial charge in [-0.3, -0.25) is 9.36 Å². The van der Waals surface area contributed by atoms with Gasteiger partial charge in [-0.05, 0) is 0 Å². The van der Waals surface area contributed by atoms with Gasteiger partial charge < -0.3 is 29.9 Å². The number of hydrogen-bond donors (Lipinski definition) is 2. The quantitative estimate of drug-likeness (QED) is 0.680. The molecule has 6 heterocycles. The molecule has 0 aliphatic carbocycles. The average Bonchev–Trinajstić information content (AvgIpc) is 3.17. The Morgan fingerprint density at radius 1 is 0.500 bits per heavy atom. The van der Waals surface area contributed by atoms with Crippen molar-refractivity contribution in [1.82, 2.24) is 19.7 Å². The van der Waals surface area contributed by atoms with Gasteiger partial charge in [-0.25, -0.2) is 0 Å². The lowest BCUT2D eigenvalue weighted by Gasteiger charge is -2.38. The lowest BCUT2D eigenvalue weighted by molar-refractivity contribution is 0.524. The second-order valence-corrected chi connectivity index (χ2v) is 7.41. The molecule has 2 N–H and O–H groups in total. The van der Waals surface area contributed by atoms with E-state index in [2.05, 4.69) is 39.3 Å². The van der Waals surface area contributed by atoms with E-state index in [1.807, 2.05) is 0 Å². The van der Waals surface area contributed by atoms with Crippen molar-refractivity contribution in [3.63, 3.8) is 0 Å². The predicted molar refractivity (Wildman–Crippen MR) is 96.1 cm³/mol. The van der Waals surface area contributed by atoms with E-state index in [0.717, 1.165) is 78.5 Å². The van der Waals surface area contributed by atoms with Crippen LogP contribution in [0.5, 0.6) is 0 Å². The molecule has 0 saturated heterocycles. The van der Waals surface area contributed by atoms with Crippen LogP contribution in [0, 0.1) is 0 Å². The number of hydrogen-bond acceptors (Lipinski definition) is 5. The summed E-state index contributed by atoms with van der Waals surface area (Å²) in [5, 5.41) is 3.64. The fraction of sp³-hybridized carbons (Fsp3) is 0.750. The summed E-state index contributed by atoms with van der Waals surface area (Å²) in [5.74, 6) is 5.45. The monoisotopic (exact) mass is 330 g/mol. The van der Waals surface area contributed by atoms with Gasteiger partial charge in [0.15, 0.2) is 23.3 Å². The van der Waals surface area contributed by atoms with Crippen LogP contribution in [0.2, 0.25) is 0 Å². The zero-order valence-electron chi connectivity index (χ0n) is 14.2. The zero-order chi connectivity index (χ0) is 15.7. The molecular formula is C16H26N8. The topological polar surface area (TPSA) is 50.6 Å². The summed E-state index contributed by atoms with van der Waals surface area (Å²) in [4.78, 5) is 14.2. The summed E-state index contributed by atoms with van der Waals surface area (Å²) >= 11 is 0. The predicted octanol–water partition coefficient (Wildman–Crippen LogP) is -0.375. The van der Waals surface area contributed by atoms with Gasteiger partial charge in [0.05, 0.1) is 13.1 Å². The molecule has 5 aliphatic heterocycles. The van der Waals surface area contributed by atoms with Gasteiger partial charge in [0.25, 0.3) is 0 Å². The molecule has 5 aliphatic rings. The van der Waals surface area contributed by atoms with Crippen LogP contribution >= 0.6 is 0 Å².